The highest BCUT2D eigenvalue weighted by molar-refractivity contribution is 7.16. The number of fused-ring (bicyclic) bond motifs is 1. The number of thiophene rings is 1. The number of carbonyl (C=O) groups is 1. The molecule has 34 heavy (non-hydrogen) atoms. The molecular formula is C28H31ClN2O2S. The summed E-state index contributed by atoms with van der Waals surface area (Å²) in [7, 11) is 0. The van der Waals surface area contributed by atoms with Gasteiger partial charge in [-0.3, -0.25) is 4.79 Å². The van der Waals surface area contributed by atoms with Gasteiger partial charge in [-0.15, -0.1) is 11.3 Å². The van der Waals surface area contributed by atoms with E-state index in [9.17, 15) is 4.79 Å². The highest BCUT2D eigenvalue weighted by Gasteiger charge is 2.33. The monoisotopic (exact) mass is 494 g/mol. The van der Waals surface area contributed by atoms with Crippen molar-refractivity contribution < 1.29 is 9.53 Å². The van der Waals surface area contributed by atoms with E-state index < -0.39 is 0 Å². The van der Waals surface area contributed by atoms with Crippen LogP contribution in [0.3, 0.4) is 0 Å². The number of nitrogens with one attached hydrogen (secondary N) is 1. The number of aliphatic imine (C=N–C) groups is 1. The average molecular weight is 495 g/mol. The van der Waals surface area contributed by atoms with Crippen LogP contribution in [0, 0.1) is 11.3 Å². The van der Waals surface area contributed by atoms with Gasteiger partial charge in [-0.05, 0) is 91.1 Å². The molecule has 3 aromatic rings. The average Bonchev–Trinajstić information content (AvgIpc) is 3.16. The van der Waals surface area contributed by atoms with E-state index in [1.54, 1.807) is 23.5 Å². The van der Waals surface area contributed by atoms with Gasteiger partial charge in [0, 0.05) is 21.8 Å². The molecule has 1 aromatic heterocycles. The summed E-state index contributed by atoms with van der Waals surface area (Å²) < 4.78 is 5.53. The highest BCUT2D eigenvalue weighted by Crippen LogP contribution is 2.45. The predicted molar refractivity (Wildman–Crippen MR) is 144 cm³/mol. The Balaban J connectivity index is 1.66. The molecular weight excluding hydrogens is 464 g/mol. The number of carbonyl (C=O) groups excluding carboxylic acids is 1. The third kappa shape index (κ3) is 5.70. The van der Waals surface area contributed by atoms with Crippen molar-refractivity contribution in [1.82, 2.24) is 0 Å². The summed E-state index contributed by atoms with van der Waals surface area (Å²) in [5.74, 6) is 1.29. The van der Waals surface area contributed by atoms with Gasteiger partial charge >= 0.3 is 0 Å². The Morgan fingerprint density at radius 3 is 2.68 bits per heavy atom. The van der Waals surface area contributed by atoms with E-state index in [1.807, 2.05) is 49.5 Å². The minimum absolute atomic E-state index is 0.132. The fraction of sp³-hybridized carbons (Fsp3) is 0.357. The topological polar surface area (TPSA) is 50.7 Å². The standard InChI is InChI=1S/C28H31ClN2O2S/c1-5-33-22-12-9-18(10-13-22)17-30-27-25(26(32)31-21-8-6-7-20(29)16-21)23-14-11-19(28(2,3)4)15-24(23)34-27/h6-10,12-13,16-17,19H,5,11,14-15H2,1-4H3,(H,31,32)/t19-/m0/s1. The number of ether oxygens (including phenoxy) is 1. The Morgan fingerprint density at radius 1 is 1.24 bits per heavy atom. The van der Waals surface area contributed by atoms with E-state index in [0.717, 1.165) is 41.1 Å². The van der Waals surface area contributed by atoms with Gasteiger partial charge in [0.1, 0.15) is 10.8 Å². The van der Waals surface area contributed by atoms with Crippen LogP contribution >= 0.6 is 22.9 Å². The first-order valence-corrected chi connectivity index (χ1v) is 12.9. The molecule has 4 rings (SSSR count). The van der Waals surface area contributed by atoms with Crippen LogP contribution in [-0.2, 0) is 12.8 Å². The number of anilines is 1. The summed E-state index contributed by atoms with van der Waals surface area (Å²) in [5.41, 5.74) is 3.71. The van der Waals surface area contributed by atoms with Crippen molar-refractivity contribution in [3.63, 3.8) is 0 Å². The second-order valence-corrected chi connectivity index (χ2v) is 11.2. The first kappa shape index (κ1) is 24.5. The summed E-state index contributed by atoms with van der Waals surface area (Å²) >= 11 is 7.77. The van der Waals surface area contributed by atoms with E-state index in [2.05, 4.69) is 26.1 Å². The number of halogens is 1. The molecule has 6 heteroatoms. The van der Waals surface area contributed by atoms with Gasteiger partial charge in [0.2, 0.25) is 0 Å². The lowest BCUT2D eigenvalue weighted by atomic mass is 9.72. The third-order valence-electron chi connectivity index (χ3n) is 6.30. The zero-order valence-corrected chi connectivity index (χ0v) is 21.7. The van der Waals surface area contributed by atoms with E-state index in [4.69, 9.17) is 21.3 Å². The Labute approximate surface area is 211 Å². The SMILES string of the molecule is CCOc1ccc(C=Nc2sc3c(c2C(=O)Nc2cccc(Cl)c2)CC[C@H](C(C)(C)C)C3)cc1. The van der Waals surface area contributed by atoms with Crippen LogP contribution in [0.15, 0.2) is 53.5 Å². The molecule has 1 N–H and O–H groups in total. The lowest BCUT2D eigenvalue weighted by Crippen LogP contribution is -2.27. The summed E-state index contributed by atoms with van der Waals surface area (Å²) in [5, 5.41) is 4.38. The number of hydrogen-bond donors (Lipinski definition) is 1. The molecule has 2 aromatic carbocycles. The van der Waals surface area contributed by atoms with Crippen molar-refractivity contribution in [2.45, 2.75) is 47.0 Å². The molecule has 178 valence electrons. The van der Waals surface area contributed by atoms with E-state index in [0.29, 0.717) is 28.8 Å². The molecule has 0 radical (unpaired) electrons. The smallest absolute Gasteiger partial charge is 0.259 e. The van der Waals surface area contributed by atoms with Gasteiger partial charge in [0.15, 0.2) is 0 Å². The van der Waals surface area contributed by atoms with Crippen molar-refractivity contribution in [2.24, 2.45) is 16.3 Å². The Kier molecular flexibility index (Phi) is 7.44. The molecule has 1 aliphatic rings. The molecule has 0 unspecified atom stereocenters. The largest absolute Gasteiger partial charge is 0.494 e. The molecule has 1 heterocycles. The zero-order chi connectivity index (χ0) is 24.3. The van der Waals surface area contributed by atoms with E-state index in [-0.39, 0.29) is 11.3 Å². The van der Waals surface area contributed by atoms with Crippen LogP contribution in [-0.4, -0.2) is 18.7 Å². The predicted octanol–water partition coefficient (Wildman–Crippen LogP) is 7.95. The normalized spacial score (nSPS) is 15.9. The maximum Gasteiger partial charge on any atom is 0.259 e. The number of hydrogen-bond acceptors (Lipinski definition) is 4. The number of nitrogens with zero attached hydrogens (tertiary/aromatic N) is 1. The molecule has 1 amide bonds. The lowest BCUT2D eigenvalue weighted by Gasteiger charge is -2.33. The molecule has 0 aliphatic heterocycles. The second-order valence-electron chi connectivity index (χ2n) is 9.71. The first-order valence-electron chi connectivity index (χ1n) is 11.7. The van der Waals surface area contributed by atoms with Gasteiger partial charge in [-0.1, -0.05) is 38.4 Å². The maximum atomic E-state index is 13.4. The Bertz CT molecular complexity index is 1190. The van der Waals surface area contributed by atoms with Crippen LogP contribution in [0.4, 0.5) is 10.7 Å². The molecule has 0 saturated carbocycles. The van der Waals surface area contributed by atoms with Crippen molar-refractivity contribution >= 4 is 45.7 Å². The zero-order valence-electron chi connectivity index (χ0n) is 20.2. The van der Waals surface area contributed by atoms with E-state index >= 15 is 0 Å². The molecule has 4 nitrogen and oxygen atoms in total. The van der Waals surface area contributed by atoms with Crippen molar-refractivity contribution in [1.29, 1.82) is 0 Å². The van der Waals surface area contributed by atoms with Gasteiger partial charge in [0.25, 0.3) is 5.91 Å². The summed E-state index contributed by atoms with van der Waals surface area (Å²) in [6.07, 6.45) is 4.78. The molecule has 1 atom stereocenters. The van der Waals surface area contributed by atoms with Crippen LogP contribution < -0.4 is 10.1 Å². The van der Waals surface area contributed by atoms with Crippen molar-refractivity contribution in [2.75, 3.05) is 11.9 Å². The molecule has 0 saturated heterocycles. The summed E-state index contributed by atoms with van der Waals surface area (Å²) in [4.78, 5) is 19.5. The quantitative estimate of drug-likeness (QED) is 0.353. The highest BCUT2D eigenvalue weighted by atomic mass is 35.5. The van der Waals surface area contributed by atoms with Gasteiger partial charge in [-0.25, -0.2) is 4.99 Å². The van der Waals surface area contributed by atoms with Gasteiger partial charge in [-0.2, -0.15) is 0 Å². The molecule has 0 bridgehead atoms. The second kappa shape index (κ2) is 10.3. The third-order valence-corrected chi connectivity index (χ3v) is 7.70. The molecule has 0 fully saturated rings. The molecule has 1 aliphatic carbocycles. The molecule has 0 spiro atoms. The number of rotatable bonds is 6. The fourth-order valence-corrected chi connectivity index (χ4v) is 5.80. The van der Waals surface area contributed by atoms with Crippen molar-refractivity contribution in [3.05, 3.63) is 75.1 Å². The fourth-order valence-electron chi connectivity index (χ4n) is 4.35. The maximum absolute atomic E-state index is 13.4. The van der Waals surface area contributed by atoms with Crippen LogP contribution in [0.1, 0.15) is 60.5 Å². The van der Waals surface area contributed by atoms with Crippen LogP contribution in [0.5, 0.6) is 5.75 Å². The first-order chi connectivity index (χ1) is 16.2. The minimum Gasteiger partial charge on any atom is -0.494 e. The summed E-state index contributed by atoms with van der Waals surface area (Å²) in [6, 6.07) is 15.1. The lowest BCUT2D eigenvalue weighted by molar-refractivity contribution is 0.102. The Morgan fingerprint density at radius 2 is 2.00 bits per heavy atom. The van der Waals surface area contributed by atoms with Crippen LogP contribution in [0.2, 0.25) is 5.02 Å². The minimum atomic E-state index is -0.132. The Hall–Kier alpha value is -2.63. The van der Waals surface area contributed by atoms with E-state index in [1.165, 1.54) is 4.88 Å². The van der Waals surface area contributed by atoms with Gasteiger partial charge in [0.05, 0.1) is 12.2 Å². The van der Waals surface area contributed by atoms with Crippen molar-refractivity contribution in [3.8, 4) is 5.75 Å². The summed E-state index contributed by atoms with van der Waals surface area (Å²) in [6.45, 7) is 9.50. The van der Waals surface area contributed by atoms with Gasteiger partial charge < -0.3 is 10.1 Å². The number of benzene rings is 2. The van der Waals surface area contributed by atoms with Crippen LogP contribution in [0.25, 0.3) is 0 Å². The number of amides is 1.